The zero-order valence-electron chi connectivity index (χ0n) is 17.5. The van der Waals surface area contributed by atoms with Crippen LogP contribution in [0.4, 0.5) is 11.4 Å². The fraction of sp³-hybridized carbons (Fsp3) is 0.300. The number of azo groups is 1. The second kappa shape index (κ2) is 10.8. The maximum absolute atomic E-state index is 12.9. The van der Waals surface area contributed by atoms with E-state index in [9.17, 15) is 9.59 Å². The number of hydrogen-bond donors (Lipinski definition) is 0. The lowest BCUT2D eigenvalue weighted by Crippen LogP contribution is -2.36. The Morgan fingerprint density at radius 2 is 1.65 bits per heavy atom. The molecule has 1 unspecified atom stereocenters. The van der Waals surface area contributed by atoms with E-state index in [1.54, 1.807) is 12.1 Å². The van der Waals surface area contributed by atoms with Gasteiger partial charge in [-0.2, -0.15) is 10.2 Å². The third-order valence-electron chi connectivity index (χ3n) is 4.14. The number of anilines is 1. The third kappa shape index (κ3) is 5.36. The van der Waals surface area contributed by atoms with Crippen LogP contribution in [0.5, 0.6) is 23.0 Å². The highest BCUT2D eigenvalue weighted by atomic mass is 35.5. The van der Waals surface area contributed by atoms with Crippen LogP contribution in [0.25, 0.3) is 0 Å². The van der Waals surface area contributed by atoms with Crippen LogP contribution in [-0.2, 0) is 9.59 Å². The van der Waals surface area contributed by atoms with Gasteiger partial charge in [0.05, 0.1) is 33.5 Å². The van der Waals surface area contributed by atoms with E-state index in [1.807, 2.05) is 0 Å². The van der Waals surface area contributed by atoms with Gasteiger partial charge in [-0.05, 0) is 31.2 Å². The van der Waals surface area contributed by atoms with Crippen molar-refractivity contribution in [1.29, 1.82) is 0 Å². The van der Waals surface area contributed by atoms with Crippen LogP contribution < -0.4 is 23.4 Å². The summed E-state index contributed by atoms with van der Waals surface area (Å²) < 4.78 is 21.6. The van der Waals surface area contributed by atoms with Crippen LogP contribution in [0.15, 0.2) is 40.6 Å². The molecule has 31 heavy (non-hydrogen) atoms. The zero-order chi connectivity index (χ0) is 23.1. The fourth-order valence-electron chi connectivity index (χ4n) is 2.59. The Morgan fingerprint density at radius 1 is 0.968 bits per heavy atom. The second-order valence-electron chi connectivity index (χ2n) is 6.02. The van der Waals surface area contributed by atoms with Gasteiger partial charge in [0.2, 0.25) is 6.04 Å². The molecule has 0 N–H and O–H groups in total. The summed E-state index contributed by atoms with van der Waals surface area (Å²) in [4.78, 5) is 25.1. The number of benzene rings is 2. The van der Waals surface area contributed by atoms with E-state index in [-0.39, 0.29) is 28.6 Å². The van der Waals surface area contributed by atoms with E-state index in [0.29, 0.717) is 10.8 Å². The number of rotatable bonds is 9. The minimum Gasteiger partial charge on any atom is -0.497 e. The average molecular weight is 470 g/mol. The first-order valence-corrected chi connectivity index (χ1v) is 9.54. The number of carbonyl (C=O) groups is 2. The van der Waals surface area contributed by atoms with Crippen LogP contribution in [-0.4, -0.2) is 46.2 Å². The summed E-state index contributed by atoms with van der Waals surface area (Å²) in [6, 6.07) is 6.19. The summed E-state index contributed by atoms with van der Waals surface area (Å²) in [6.07, 6.45) is 0. The molecule has 166 valence electrons. The molecule has 0 saturated carbocycles. The molecule has 0 aliphatic carbocycles. The second-order valence-corrected chi connectivity index (χ2v) is 6.76. The van der Waals surface area contributed by atoms with Gasteiger partial charge in [0.25, 0.3) is 5.91 Å². The number of methoxy groups -OCH3 is 4. The predicted octanol–water partition coefficient (Wildman–Crippen LogP) is 4.60. The molecular weight excluding hydrogens is 449 g/mol. The van der Waals surface area contributed by atoms with Crippen molar-refractivity contribution >= 4 is 46.4 Å². The van der Waals surface area contributed by atoms with Gasteiger partial charge in [-0.3, -0.25) is 9.59 Å². The molecule has 0 aromatic heterocycles. The predicted molar refractivity (Wildman–Crippen MR) is 116 cm³/mol. The van der Waals surface area contributed by atoms with Crippen LogP contribution in [0.2, 0.25) is 5.02 Å². The summed E-state index contributed by atoms with van der Waals surface area (Å²) in [7, 11) is 5.72. The molecule has 0 fully saturated rings. The van der Waals surface area contributed by atoms with Gasteiger partial charge in [-0.25, -0.2) is 4.42 Å². The van der Waals surface area contributed by atoms with E-state index < -0.39 is 17.7 Å². The lowest BCUT2D eigenvalue weighted by molar-refractivity contribution is -0.126. The fourth-order valence-corrected chi connectivity index (χ4v) is 3.05. The zero-order valence-corrected chi connectivity index (χ0v) is 19.0. The van der Waals surface area contributed by atoms with E-state index >= 15 is 0 Å². The molecule has 11 heteroatoms. The summed E-state index contributed by atoms with van der Waals surface area (Å²) in [5.41, 5.74) is 0.424. The van der Waals surface area contributed by atoms with Gasteiger partial charge in [0.15, 0.2) is 17.3 Å². The largest absolute Gasteiger partial charge is 0.497 e. The number of hydrogen-bond acceptors (Lipinski definition) is 8. The lowest BCUT2D eigenvalue weighted by Gasteiger charge is -2.19. The molecule has 0 aliphatic rings. The molecule has 2 rings (SSSR count). The molecule has 9 nitrogen and oxygen atoms in total. The standard InChI is InChI=1S/C20H21Cl2N3O6/c1-11(26)17(24-23-14-8-7-13(21)18(30-4)19(14)31-5)20(27)25(22)15-9-6-12(28-2)10-16(15)29-3/h6-10,17H,1-5H3. The SMILES string of the molecule is COc1ccc(N(Cl)C(=O)C(N=Nc2ccc(Cl)c(OC)c2OC)C(C)=O)c(OC)c1. The molecule has 1 amide bonds. The van der Waals surface area contributed by atoms with E-state index in [0.717, 1.165) is 4.42 Å². The van der Waals surface area contributed by atoms with E-state index in [4.69, 9.17) is 42.3 Å². The Hall–Kier alpha value is -3.04. The van der Waals surface area contributed by atoms with Crippen molar-refractivity contribution in [2.45, 2.75) is 13.0 Å². The van der Waals surface area contributed by atoms with Crippen molar-refractivity contribution in [3.8, 4) is 23.0 Å². The summed E-state index contributed by atoms with van der Waals surface area (Å²) in [5, 5.41) is 8.20. The number of carbonyl (C=O) groups excluding carboxylic acids is 2. The Bertz CT molecular complexity index is 999. The average Bonchev–Trinajstić information content (AvgIpc) is 2.78. The van der Waals surface area contributed by atoms with Crippen LogP contribution in [0.1, 0.15) is 6.92 Å². The number of nitrogens with zero attached hydrogens (tertiary/aromatic N) is 3. The normalized spacial score (nSPS) is 11.7. The molecule has 0 aliphatic heterocycles. The molecular formula is C20H21Cl2N3O6. The minimum absolute atomic E-state index is 0.202. The summed E-state index contributed by atoms with van der Waals surface area (Å²) >= 11 is 12.3. The number of ether oxygens (including phenoxy) is 4. The maximum atomic E-state index is 12.9. The molecule has 0 bridgehead atoms. The molecule has 2 aromatic carbocycles. The van der Waals surface area contributed by atoms with E-state index in [1.165, 1.54) is 53.6 Å². The van der Waals surface area contributed by atoms with Gasteiger partial charge in [0, 0.05) is 17.8 Å². The molecule has 2 aromatic rings. The van der Waals surface area contributed by atoms with Crippen LogP contribution in [0.3, 0.4) is 0 Å². The highest BCUT2D eigenvalue weighted by molar-refractivity contribution is 6.39. The lowest BCUT2D eigenvalue weighted by atomic mass is 10.2. The van der Waals surface area contributed by atoms with Crippen molar-refractivity contribution in [3.63, 3.8) is 0 Å². The molecule has 1 atom stereocenters. The Kier molecular flexibility index (Phi) is 8.47. The summed E-state index contributed by atoms with van der Waals surface area (Å²) in [5.74, 6) is -0.162. The highest BCUT2D eigenvalue weighted by Gasteiger charge is 2.30. The van der Waals surface area contributed by atoms with Crippen molar-refractivity contribution in [2.24, 2.45) is 10.2 Å². The highest BCUT2D eigenvalue weighted by Crippen LogP contribution is 2.42. The third-order valence-corrected chi connectivity index (χ3v) is 4.79. The number of halogens is 2. The van der Waals surface area contributed by atoms with Crippen molar-refractivity contribution in [3.05, 3.63) is 35.4 Å². The van der Waals surface area contributed by atoms with Gasteiger partial charge in [-0.1, -0.05) is 11.6 Å². The maximum Gasteiger partial charge on any atom is 0.276 e. The summed E-state index contributed by atoms with van der Waals surface area (Å²) in [6.45, 7) is 1.21. The molecule has 0 saturated heterocycles. The Balaban J connectivity index is 2.39. The first-order valence-electron chi connectivity index (χ1n) is 8.82. The Morgan fingerprint density at radius 3 is 2.19 bits per heavy atom. The molecule has 0 heterocycles. The monoisotopic (exact) mass is 469 g/mol. The first-order chi connectivity index (χ1) is 14.8. The van der Waals surface area contributed by atoms with Gasteiger partial charge < -0.3 is 18.9 Å². The van der Waals surface area contributed by atoms with Gasteiger partial charge in [-0.15, -0.1) is 0 Å². The van der Waals surface area contributed by atoms with Crippen molar-refractivity contribution in [1.82, 2.24) is 0 Å². The number of amides is 1. The quantitative estimate of drug-likeness (QED) is 0.302. The molecule has 0 radical (unpaired) electrons. The van der Waals surface area contributed by atoms with Crippen molar-refractivity contribution in [2.75, 3.05) is 32.9 Å². The van der Waals surface area contributed by atoms with Crippen LogP contribution in [0, 0.1) is 0 Å². The Labute approximate surface area is 189 Å². The minimum atomic E-state index is -1.50. The van der Waals surface area contributed by atoms with Gasteiger partial charge >= 0.3 is 0 Å². The topological polar surface area (TPSA) is 99.0 Å². The first kappa shape index (κ1) is 24.2. The molecule has 0 spiro atoms. The van der Waals surface area contributed by atoms with Crippen LogP contribution >= 0.6 is 23.4 Å². The number of Topliss-reactive ketones (excluding diaryl/α,β-unsaturated/α-hetero) is 1. The van der Waals surface area contributed by atoms with Crippen molar-refractivity contribution < 1.29 is 28.5 Å². The smallest absolute Gasteiger partial charge is 0.276 e. The number of ketones is 1. The van der Waals surface area contributed by atoms with E-state index in [2.05, 4.69) is 10.2 Å². The van der Waals surface area contributed by atoms with Gasteiger partial charge in [0.1, 0.15) is 22.9 Å².